The van der Waals surface area contributed by atoms with Crippen LogP contribution in [-0.2, 0) is 5.41 Å². The largest absolute Gasteiger partial charge is 0.383 e. The molecule has 1 fully saturated rings. The summed E-state index contributed by atoms with van der Waals surface area (Å²) in [4.78, 5) is 1.32. The third-order valence-electron chi connectivity index (χ3n) is 3.17. The normalized spacial score (nSPS) is 21.0. The molecule has 76 valence electrons. The van der Waals surface area contributed by atoms with Crippen molar-refractivity contribution in [3.05, 3.63) is 23.8 Å². The van der Waals surface area contributed by atoms with Crippen LogP contribution in [0.5, 0.6) is 0 Å². The Hall–Kier alpha value is -1.14. The Balaban J connectivity index is 2.02. The lowest BCUT2D eigenvalue weighted by atomic mass is 9.97. The molecule has 1 aliphatic carbocycles. The monoisotopic (exact) mass is 216 g/mol. The Morgan fingerprint density at radius 2 is 2.27 bits per heavy atom. The standard InChI is InChI=1S/C12H12N2S/c13-8-12(3-4-12)9-1-2-11-10(7-9)14-5-6-15-11/h1-2,7,14H,3-6H2. The number of benzene rings is 1. The number of nitrogens with zero attached hydrogens (tertiary/aromatic N) is 1. The van der Waals surface area contributed by atoms with Crippen LogP contribution in [0.4, 0.5) is 5.69 Å². The number of nitrogens with one attached hydrogen (secondary N) is 1. The lowest BCUT2D eigenvalue weighted by Crippen LogP contribution is -2.12. The van der Waals surface area contributed by atoms with Crippen LogP contribution < -0.4 is 5.32 Å². The van der Waals surface area contributed by atoms with Crippen LogP contribution in [0.3, 0.4) is 0 Å². The van der Waals surface area contributed by atoms with E-state index in [1.54, 1.807) is 0 Å². The van der Waals surface area contributed by atoms with E-state index in [1.165, 1.54) is 16.1 Å². The molecule has 3 rings (SSSR count). The third-order valence-corrected chi connectivity index (χ3v) is 4.25. The highest BCUT2D eigenvalue weighted by Crippen LogP contribution is 2.49. The molecule has 1 aromatic carbocycles. The molecule has 0 saturated heterocycles. The second-order valence-electron chi connectivity index (χ2n) is 4.18. The van der Waals surface area contributed by atoms with E-state index in [-0.39, 0.29) is 5.41 Å². The highest BCUT2D eigenvalue weighted by molar-refractivity contribution is 7.99. The first-order valence-corrected chi connectivity index (χ1v) is 6.25. The first-order chi connectivity index (χ1) is 7.34. The first kappa shape index (κ1) is 9.11. The number of hydrogen-bond donors (Lipinski definition) is 1. The van der Waals surface area contributed by atoms with Gasteiger partial charge in [-0.15, -0.1) is 11.8 Å². The Morgan fingerprint density at radius 3 is 3.00 bits per heavy atom. The van der Waals surface area contributed by atoms with Crippen molar-refractivity contribution in [3.8, 4) is 6.07 Å². The average Bonchev–Trinajstić information content (AvgIpc) is 3.09. The highest BCUT2D eigenvalue weighted by Gasteiger charge is 2.45. The molecule has 0 unspecified atom stereocenters. The molecule has 0 spiro atoms. The van der Waals surface area contributed by atoms with Gasteiger partial charge in [-0.25, -0.2) is 0 Å². The molecule has 1 saturated carbocycles. The zero-order valence-electron chi connectivity index (χ0n) is 8.42. The summed E-state index contributed by atoms with van der Waals surface area (Å²) < 4.78 is 0. The topological polar surface area (TPSA) is 35.8 Å². The fourth-order valence-corrected chi connectivity index (χ4v) is 2.90. The average molecular weight is 216 g/mol. The SMILES string of the molecule is N#CC1(c2ccc3c(c2)NCCS3)CC1. The van der Waals surface area contributed by atoms with E-state index < -0.39 is 0 Å². The van der Waals surface area contributed by atoms with Crippen LogP contribution in [0.2, 0.25) is 0 Å². The van der Waals surface area contributed by atoms with Crippen molar-refractivity contribution in [3.63, 3.8) is 0 Å². The molecule has 0 radical (unpaired) electrons. The first-order valence-electron chi connectivity index (χ1n) is 5.27. The lowest BCUT2D eigenvalue weighted by molar-refractivity contribution is 0.905. The van der Waals surface area contributed by atoms with Crippen LogP contribution in [0, 0.1) is 11.3 Å². The van der Waals surface area contributed by atoms with Crippen molar-refractivity contribution in [1.29, 1.82) is 5.26 Å². The fraction of sp³-hybridized carbons (Fsp3) is 0.417. The van der Waals surface area contributed by atoms with Crippen molar-refractivity contribution >= 4 is 17.4 Å². The summed E-state index contributed by atoms with van der Waals surface area (Å²) in [6.45, 7) is 1.03. The summed E-state index contributed by atoms with van der Waals surface area (Å²) in [5.74, 6) is 1.13. The minimum absolute atomic E-state index is 0.154. The van der Waals surface area contributed by atoms with Gasteiger partial charge in [-0.05, 0) is 30.5 Å². The molecule has 15 heavy (non-hydrogen) atoms. The number of hydrogen-bond acceptors (Lipinski definition) is 3. The van der Waals surface area contributed by atoms with Crippen molar-refractivity contribution in [2.24, 2.45) is 0 Å². The van der Waals surface area contributed by atoms with Gasteiger partial charge in [0.25, 0.3) is 0 Å². The third kappa shape index (κ3) is 1.40. The second kappa shape index (κ2) is 3.18. The van der Waals surface area contributed by atoms with Crippen molar-refractivity contribution < 1.29 is 0 Å². The quantitative estimate of drug-likeness (QED) is 0.784. The number of rotatable bonds is 1. The molecule has 0 amide bonds. The molecule has 0 aromatic heterocycles. The van der Waals surface area contributed by atoms with Crippen LogP contribution in [0.25, 0.3) is 0 Å². The smallest absolute Gasteiger partial charge is 0.0824 e. The maximum absolute atomic E-state index is 9.14. The fourth-order valence-electron chi connectivity index (χ4n) is 2.03. The van der Waals surface area contributed by atoms with E-state index in [2.05, 4.69) is 29.6 Å². The van der Waals surface area contributed by atoms with Gasteiger partial charge in [-0.2, -0.15) is 5.26 Å². The van der Waals surface area contributed by atoms with Gasteiger partial charge >= 0.3 is 0 Å². The van der Waals surface area contributed by atoms with Crippen molar-refractivity contribution in [2.75, 3.05) is 17.6 Å². The minimum atomic E-state index is -0.154. The van der Waals surface area contributed by atoms with Gasteiger partial charge in [0.15, 0.2) is 0 Å². The highest BCUT2D eigenvalue weighted by atomic mass is 32.2. The summed E-state index contributed by atoms with van der Waals surface area (Å²) in [6, 6.07) is 8.88. The van der Waals surface area contributed by atoms with Gasteiger partial charge < -0.3 is 5.32 Å². The maximum Gasteiger partial charge on any atom is 0.0824 e. The number of nitriles is 1. The zero-order valence-corrected chi connectivity index (χ0v) is 9.23. The molecule has 1 heterocycles. The van der Waals surface area contributed by atoms with Gasteiger partial charge in [0, 0.05) is 22.9 Å². The summed E-state index contributed by atoms with van der Waals surface area (Å²) in [6.07, 6.45) is 2.05. The minimum Gasteiger partial charge on any atom is -0.383 e. The van der Waals surface area contributed by atoms with E-state index >= 15 is 0 Å². The lowest BCUT2D eigenvalue weighted by Gasteiger charge is -2.19. The van der Waals surface area contributed by atoms with Gasteiger partial charge in [0.05, 0.1) is 11.5 Å². The van der Waals surface area contributed by atoms with Crippen molar-refractivity contribution in [1.82, 2.24) is 0 Å². The number of thioether (sulfide) groups is 1. The molecule has 2 nitrogen and oxygen atoms in total. The van der Waals surface area contributed by atoms with Crippen LogP contribution >= 0.6 is 11.8 Å². The Labute approximate surface area is 93.7 Å². The van der Waals surface area contributed by atoms with Crippen molar-refractivity contribution in [2.45, 2.75) is 23.2 Å². The van der Waals surface area contributed by atoms with Crippen LogP contribution in [-0.4, -0.2) is 12.3 Å². The summed E-state index contributed by atoms with van der Waals surface area (Å²) in [5.41, 5.74) is 2.25. The molecule has 0 atom stereocenters. The summed E-state index contributed by atoms with van der Waals surface area (Å²) in [7, 11) is 0. The van der Waals surface area contributed by atoms with Gasteiger partial charge in [-0.1, -0.05) is 6.07 Å². The molecule has 0 bridgehead atoms. The van der Waals surface area contributed by atoms with Crippen LogP contribution in [0.1, 0.15) is 18.4 Å². The summed E-state index contributed by atoms with van der Waals surface area (Å²) in [5, 5.41) is 12.5. The Bertz CT molecular complexity index is 443. The summed E-state index contributed by atoms with van der Waals surface area (Å²) >= 11 is 1.89. The van der Waals surface area contributed by atoms with E-state index in [0.717, 1.165) is 25.1 Å². The predicted molar refractivity (Wildman–Crippen MR) is 62.2 cm³/mol. The van der Waals surface area contributed by atoms with E-state index in [4.69, 9.17) is 5.26 Å². The van der Waals surface area contributed by atoms with Crippen LogP contribution in [0.15, 0.2) is 23.1 Å². The van der Waals surface area contributed by atoms with Gasteiger partial charge in [0.2, 0.25) is 0 Å². The van der Waals surface area contributed by atoms with E-state index in [0.29, 0.717) is 0 Å². The van der Waals surface area contributed by atoms with Gasteiger partial charge in [0.1, 0.15) is 0 Å². The molecular formula is C12H12N2S. The molecule has 1 N–H and O–H groups in total. The Kier molecular flexibility index (Phi) is 1.93. The van der Waals surface area contributed by atoms with E-state index in [1.807, 2.05) is 11.8 Å². The predicted octanol–water partition coefficient (Wildman–Crippen LogP) is 2.76. The second-order valence-corrected chi connectivity index (χ2v) is 5.32. The number of anilines is 1. The molecule has 1 aromatic rings. The Morgan fingerprint density at radius 1 is 1.40 bits per heavy atom. The van der Waals surface area contributed by atoms with E-state index in [9.17, 15) is 0 Å². The molecular weight excluding hydrogens is 204 g/mol. The zero-order chi connectivity index (χ0) is 10.3. The molecule has 3 heteroatoms. The molecule has 2 aliphatic rings. The van der Waals surface area contributed by atoms with Gasteiger partial charge in [-0.3, -0.25) is 0 Å². The number of fused-ring (bicyclic) bond motifs is 1. The molecule has 1 aliphatic heterocycles. The maximum atomic E-state index is 9.14.